The molecule has 2 rings (SSSR count). The summed E-state index contributed by atoms with van der Waals surface area (Å²) in [6.45, 7) is 8.13. The largest absolute Gasteiger partial charge is 0.391 e. The van der Waals surface area contributed by atoms with Crippen LogP contribution in [0, 0.1) is 12.3 Å². The van der Waals surface area contributed by atoms with Gasteiger partial charge in [-0.25, -0.2) is 9.50 Å². The zero-order valence-corrected chi connectivity index (χ0v) is 12.8. The zero-order chi connectivity index (χ0) is 15.6. The zero-order valence-electron chi connectivity index (χ0n) is 12.8. The molecule has 2 N–H and O–H groups in total. The van der Waals surface area contributed by atoms with Crippen molar-refractivity contribution in [3.05, 3.63) is 23.8 Å². The number of hydrogen-bond acceptors (Lipinski definition) is 5. The van der Waals surface area contributed by atoms with Crippen LogP contribution in [0.15, 0.2) is 12.5 Å². The number of hydrogen-bond donors (Lipinski definition) is 2. The van der Waals surface area contributed by atoms with Crippen molar-refractivity contribution in [3.8, 4) is 0 Å². The van der Waals surface area contributed by atoms with E-state index in [2.05, 4.69) is 20.4 Å². The lowest BCUT2D eigenvalue weighted by Gasteiger charge is -2.22. The molecule has 1 atom stereocenters. The van der Waals surface area contributed by atoms with E-state index >= 15 is 0 Å². The molecule has 21 heavy (non-hydrogen) atoms. The molecule has 2 aromatic heterocycles. The highest BCUT2D eigenvalue weighted by Crippen LogP contribution is 2.20. The molecule has 0 spiro atoms. The Balaban J connectivity index is 2.04. The second kappa shape index (κ2) is 5.77. The van der Waals surface area contributed by atoms with Gasteiger partial charge in [-0.3, -0.25) is 4.79 Å². The van der Waals surface area contributed by atoms with Gasteiger partial charge in [0.2, 0.25) is 0 Å². The summed E-state index contributed by atoms with van der Waals surface area (Å²) in [7, 11) is 0. The van der Waals surface area contributed by atoms with Gasteiger partial charge < -0.3 is 10.4 Å². The summed E-state index contributed by atoms with van der Waals surface area (Å²) in [6, 6.07) is 0. The SMILES string of the molecule is Cc1c(C(=O)NCC(O)CC(C)(C)C)cnc2ncnn12. The van der Waals surface area contributed by atoms with Gasteiger partial charge in [0.25, 0.3) is 11.7 Å². The highest BCUT2D eigenvalue weighted by Gasteiger charge is 2.19. The molecule has 1 amide bonds. The van der Waals surface area contributed by atoms with Crippen LogP contribution in [0.1, 0.15) is 43.2 Å². The molecule has 2 aromatic rings. The van der Waals surface area contributed by atoms with E-state index in [-0.39, 0.29) is 17.9 Å². The number of nitrogens with one attached hydrogen (secondary N) is 1. The van der Waals surface area contributed by atoms with Crippen LogP contribution in [0.2, 0.25) is 0 Å². The number of amides is 1. The highest BCUT2D eigenvalue weighted by molar-refractivity contribution is 5.95. The molecular formula is C14H21N5O2. The minimum absolute atomic E-state index is 0.0151. The number of aryl methyl sites for hydroxylation is 1. The van der Waals surface area contributed by atoms with Crippen molar-refractivity contribution in [2.24, 2.45) is 5.41 Å². The molecule has 114 valence electrons. The monoisotopic (exact) mass is 291 g/mol. The maximum Gasteiger partial charge on any atom is 0.254 e. The second-order valence-electron chi connectivity index (χ2n) is 6.36. The van der Waals surface area contributed by atoms with Gasteiger partial charge in [0, 0.05) is 12.7 Å². The van der Waals surface area contributed by atoms with E-state index in [0.717, 1.165) is 0 Å². The van der Waals surface area contributed by atoms with Crippen molar-refractivity contribution < 1.29 is 9.90 Å². The summed E-state index contributed by atoms with van der Waals surface area (Å²) < 4.78 is 1.51. The van der Waals surface area contributed by atoms with Crippen molar-refractivity contribution in [2.75, 3.05) is 6.54 Å². The van der Waals surface area contributed by atoms with E-state index in [9.17, 15) is 9.90 Å². The maximum atomic E-state index is 12.2. The summed E-state index contributed by atoms with van der Waals surface area (Å²) in [4.78, 5) is 20.2. The number of rotatable bonds is 4. The van der Waals surface area contributed by atoms with Crippen molar-refractivity contribution >= 4 is 11.7 Å². The molecule has 0 saturated heterocycles. The van der Waals surface area contributed by atoms with Crippen LogP contribution in [-0.4, -0.2) is 43.2 Å². The third-order valence-corrected chi connectivity index (χ3v) is 3.14. The fourth-order valence-electron chi connectivity index (χ4n) is 2.20. The summed E-state index contributed by atoms with van der Waals surface area (Å²) in [5.41, 5.74) is 1.11. The predicted molar refractivity (Wildman–Crippen MR) is 77.9 cm³/mol. The third kappa shape index (κ3) is 3.75. The molecule has 0 aromatic carbocycles. The van der Waals surface area contributed by atoms with E-state index in [0.29, 0.717) is 23.5 Å². The first-order chi connectivity index (χ1) is 9.78. The minimum atomic E-state index is -0.572. The lowest BCUT2D eigenvalue weighted by atomic mass is 9.89. The number of fused-ring (bicyclic) bond motifs is 1. The quantitative estimate of drug-likeness (QED) is 0.875. The standard InChI is InChI=1S/C14H21N5O2/c1-9-11(7-16-13-17-8-18-19(9)13)12(21)15-6-10(20)5-14(2,3)4/h7-8,10,20H,5-6H2,1-4H3,(H,15,21). The van der Waals surface area contributed by atoms with E-state index < -0.39 is 6.10 Å². The van der Waals surface area contributed by atoms with Crippen LogP contribution in [0.5, 0.6) is 0 Å². The van der Waals surface area contributed by atoms with Crippen LogP contribution in [0.3, 0.4) is 0 Å². The van der Waals surface area contributed by atoms with Crippen LogP contribution in [0.25, 0.3) is 5.78 Å². The van der Waals surface area contributed by atoms with Gasteiger partial charge in [-0.05, 0) is 18.8 Å². The Labute approximate surface area is 123 Å². The number of nitrogens with zero attached hydrogens (tertiary/aromatic N) is 4. The average Bonchev–Trinajstić information content (AvgIpc) is 2.83. The topological polar surface area (TPSA) is 92.4 Å². The van der Waals surface area contributed by atoms with Crippen molar-refractivity contribution in [2.45, 2.75) is 40.2 Å². The molecule has 0 aliphatic heterocycles. The fraction of sp³-hybridized carbons (Fsp3) is 0.571. The number of aromatic nitrogens is 4. The summed E-state index contributed by atoms with van der Waals surface area (Å²) in [5.74, 6) is 0.183. The van der Waals surface area contributed by atoms with Crippen LogP contribution >= 0.6 is 0 Å². The van der Waals surface area contributed by atoms with Crippen molar-refractivity contribution in [1.82, 2.24) is 24.9 Å². The average molecular weight is 291 g/mol. The predicted octanol–water partition coefficient (Wildman–Crippen LogP) is 0.960. The van der Waals surface area contributed by atoms with Gasteiger partial charge in [0.15, 0.2) is 0 Å². The van der Waals surface area contributed by atoms with E-state index in [4.69, 9.17) is 0 Å². The Kier molecular flexibility index (Phi) is 4.22. The molecular weight excluding hydrogens is 270 g/mol. The Hall–Kier alpha value is -2.02. The van der Waals surface area contributed by atoms with Crippen molar-refractivity contribution in [1.29, 1.82) is 0 Å². The number of carbonyl (C=O) groups is 1. The van der Waals surface area contributed by atoms with Gasteiger partial charge in [-0.15, -0.1) is 0 Å². The van der Waals surface area contributed by atoms with Crippen LogP contribution in [0.4, 0.5) is 0 Å². The first kappa shape index (κ1) is 15.4. The Morgan fingerprint density at radius 1 is 1.43 bits per heavy atom. The van der Waals surface area contributed by atoms with E-state index in [1.807, 2.05) is 20.8 Å². The summed E-state index contributed by atoms with van der Waals surface area (Å²) in [6.07, 6.45) is 2.92. The van der Waals surface area contributed by atoms with Crippen LogP contribution in [-0.2, 0) is 0 Å². The maximum absolute atomic E-state index is 12.2. The van der Waals surface area contributed by atoms with Gasteiger partial charge in [-0.1, -0.05) is 20.8 Å². The molecule has 0 saturated carbocycles. The Bertz CT molecular complexity index is 644. The second-order valence-corrected chi connectivity index (χ2v) is 6.36. The van der Waals surface area contributed by atoms with Gasteiger partial charge in [0.1, 0.15) is 6.33 Å². The van der Waals surface area contributed by atoms with Crippen LogP contribution < -0.4 is 5.32 Å². The number of carbonyl (C=O) groups excluding carboxylic acids is 1. The smallest absolute Gasteiger partial charge is 0.254 e. The van der Waals surface area contributed by atoms with E-state index in [1.54, 1.807) is 6.92 Å². The lowest BCUT2D eigenvalue weighted by molar-refractivity contribution is 0.0867. The normalized spacial score (nSPS) is 13.4. The first-order valence-electron chi connectivity index (χ1n) is 6.89. The van der Waals surface area contributed by atoms with Gasteiger partial charge >= 0.3 is 0 Å². The minimum Gasteiger partial charge on any atom is -0.391 e. The lowest BCUT2D eigenvalue weighted by Crippen LogP contribution is -2.34. The molecule has 7 heteroatoms. The van der Waals surface area contributed by atoms with Gasteiger partial charge in [0.05, 0.1) is 17.4 Å². The summed E-state index contributed by atoms with van der Waals surface area (Å²) in [5, 5.41) is 16.7. The first-order valence-corrected chi connectivity index (χ1v) is 6.89. The van der Waals surface area contributed by atoms with E-state index in [1.165, 1.54) is 17.0 Å². The molecule has 0 aliphatic carbocycles. The Morgan fingerprint density at radius 3 is 2.81 bits per heavy atom. The molecule has 7 nitrogen and oxygen atoms in total. The number of aliphatic hydroxyl groups excluding tert-OH is 1. The molecule has 2 heterocycles. The van der Waals surface area contributed by atoms with Crippen molar-refractivity contribution in [3.63, 3.8) is 0 Å². The molecule has 1 unspecified atom stereocenters. The highest BCUT2D eigenvalue weighted by atomic mass is 16.3. The molecule has 0 aliphatic rings. The molecule has 0 fully saturated rings. The van der Waals surface area contributed by atoms with Gasteiger partial charge in [-0.2, -0.15) is 10.1 Å². The Morgan fingerprint density at radius 2 is 2.14 bits per heavy atom. The molecule has 0 radical (unpaired) electrons. The summed E-state index contributed by atoms with van der Waals surface area (Å²) >= 11 is 0. The molecule has 0 bridgehead atoms. The number of aliphatic hydroxyl groups is 1. The third-order valence-electron chi connectivity index (χ3n) is 3.14. The fourth-order valence-corrected chi connectivity index (χ4v) is 2.20.